The molecule has 2 aromatic carbocycles. The third kappa shape index (κ3) is 1.63. The monoisotopic (exact) mass is 235 g/mol. The van der Waals surface area contributed by atoms with Crippen LogP contribution < -0.4 is 0 Å². The first-order valence-corrected chi connectivity index (χ1v) is 5.92. The number of aromatic nitrogens is 1. The van der Waals surface area contributed by atoms with Gasteiger partial charge < -0.3 is 4.98 Å². The van der Waals surface area contributed by atoms with E-state index in [0.29, 0.717) is 0 Å². The van der Waals surface area contributed by atoms with E-state index in [1.165, 1.54) is 5.56 Å². The average molecular weight is 235 g/mol. The smallest absolute Gasteiger partial charge is 0.152 e. The van der Waals surface area contributed by atoms with E-state index in [1.54, 1.807) is 0 Å². The summed E-state index contributed by atoms with van der Waals surface area (Å²) in [5, 5.41) is 0.981. The first-order chi connectivity index (χ1) is 8.79. The van der Waals surface area contributed by atoms with Crippen molar-refractivity contribution in [3.63, 3.8) is 0 Å². The van der Waals surface area contributed by atoms with Crippen molar-refractivity contribution >= 4 is 17.2 Å². The van der Waals surface area contributed by atoms with Gasteiger partial charge in [-0.05, 0) is 24.1 Å². The van der Waals surface area contributed by atoms with Gasteiger partial charge >= 0.3 is 0 Å². The van der Waals surface area contributed by atoms with Gasteiger partial charge in [0.2, 0.25) is 0 Å². The molecule has 0 unspecified atom stereocenters. The largest absolute Gasteiger partial charge is 0.354 e. The zero-order valence-corrected chi connectivity index (χ0v) is 10.1. The number of hydrogen-bond acceptors (Lipinski definition) is 1. The standard InChI is InChI=1S/C16H13NO/c1-11-7-8-13-14(10-18)16(17-15(13)9-11)12-5-3-2-4-6-12/h2-10,17H,1H3. The van der Waals surface area contributed by atoms with E-state index < -0.39 is 0 Å². The lowest BCUT2D eigenvalue weighted by Gasteiger charge is -1.98. The van der Waals surface area contributed by atoms with Crippen LogP contribution in [-0.2, 0) is 0 Å². The number of carbonyl (C=O) groups is 1. The first-order valence-electron chi connectivity index (χ1n) is 5.92. The summed E-state index contributed by atoms with van der Waals surface area (Å²) in [6.07, 6.45) is 0.927. The van der Waals surface area contributed by atoms with Gasteiger partial charge in [0.1, 0.15) is 0 Å². The highest BCUT2D eigenvalue weighted by molar-refractivity contribution is 6.04. The van der Waals surface area contributed by atoms with E-state index in [-0.39, 0.29) is 0 Å². The van der Waals surface area contributed by atoms with Gasteiger partial charge in [0, 0.05) is 16.5 Å². The maximum atomic E-state index is 11.3. The minimum absolute atomic E-state index is 0.733. The second kappa shape index (κ2) is 4.15. The normalized spacial score (nSPS) is 10.7. The maximum absolute atomic E-state index is 11.3. The van der Waals surface area contributed by atoms with E-state index in [9.17, 15) is 4.79 Å². The van der Waals surface area contributed by atoms with Crippen LogP contribution in [0.1, 0.15) is 15.9 Å². The number of hydrogen-bond donors (Lipinski definition) is 1. The van der Waals surface area contributed by atoms with Gasteiger partial charge in [-0.1, -0.05) is 42.5 Å². The Morgan fingerprint density at radius 1 is 1.06 bits per heavy atom. The lowest BCUT2D eigenvalue weighted by Crippen LogP contribution is -1.83. The van der Waals surface area contributed by atoms with Crippen LogP contribution in [0.5, 0.6) is 0 Å². The van der Waals surface area contributed by atoms with E-state index in [1.807, 2.05) is 49.4 Å². The summed E-state index contributed by atoms with van der Waals surface area (Å²) >= 11 is 0. The highest BCUT2D eigenvalue weighted by atomic mass is 16.1. The zero-order valence-electron chi connectivity index (χ0n) is 10.1. The fourth-order valence-electron chi connectivity index (χ4n) is 2.29. The molecule has 2 heteroatoms. The summed E-state index contributed by atoms with van der Waals surface area (Å²) in [6, 6.07) is 16.0. The highest BCUT2D eigenvalue weighted by Gasteiger charge is 2.11. The van der Waals surface area contributed by atoms with E-state index in [2.05, 4.69) is 11.1 Å². The minimum atomic E-state index is 0.733. The Kier molecular flexibility index (Phi) is 2.49. The topological polar surface area (TPSA) is 32.9 Å². The number of aryl methyl sites for hydroxylation is 1. The van der Waals surface area contributed by atoms with Gasteiger partial charge in [-0.25, -0.2) is 0 Å². The van der Waals surface area contributed by atoms with Gasteiger partial charge in [-0.3, -0.25) is 4.79 Å². The van der Waals surface area contributed by atoms with Crippen molar-refractivity contribution < 1.29 is 4.79 Å². The van der Waals surface area contributed by atoms with Crippen LogP contribution in [0.4, 0.5) is 0 Å². The molecule has 0 radical (unpaired) electrons. The molecule has 1 heterocycles. The molecule has 0 bridgehead atoms. The molecule has 18 heavy (non-hydrogen) atoms. The van der Waals surface area contributed by atoms with Crippen molar-refractivity contribution in [3.8, 4) is 11.3 Å². The van der Waals surface area contributed by atoms with Crippen LogP contribution in [0, 0.1) is 6.92 Å². The molecule has 0 atom stereocenters. The van der Waals surface area contributed by atoms with E-state index >= 15 is 0 Å². The van der Waals surface area contributed by atoms with E-state index in [0.717, 1.165) is 34.0 Å². The van der Waals surface area contributed by atoms with Crippen LogP contribution >= 0.6 is 0 Å². The van der Waals surface area contributed by atoms with Crippen LogP contribution in [0.25, 0.3) is 22.2 Å². The Labute approximate surface area is 105 Å². The molecule has 0 aliphatic heterocycles. The number of aldehydes is 1. The first kappa shape index (κ1) is 10.8. The number of benzene rings is 2. The number of aromatic amines is 1. The summed E-state index contributed by atoms with van der Waals surface area (Å²) in [4.78, 5) is 14.7. The quantitative estimate of drug-likeness (QED) is 0.670. The molecule has 0 amide bonds. The molecule has 0 saturated heterocycles. The molecule has 0 aliphatic rings. The molecule has 88 valence electrons. The molecule has 1 aromatic heterocycles. The summed E-state index contributed by atoms with van der Waals surface area (Å²) < 4.78 is 0. The van der Waals surface area contributed by atoms with Crippen molar-refractivity contribution in [2.75, 3.05) is 0 Å². The SMILES string of the molecule is Cc1ccc2c(C=O)c(-c3ccccc3)[nH]c2c1. The molecular weight excluding hydrogens is 222 g/mol. The summed E-state index contributed by atoms with van der Waals surface area (Å²) in [5.74, 6) is 0. The van der Waals surface area contributed by atoms with Gasteiger partial charge in [-0.15, -0.1) is 0 Å². The Morgan fingerprint density at radius 3 is 2.56 bits per heavy atom. The van der Waals surface area contributed by atoms with Crippen molar-refractivity contribution in [1.82, 2.24) is 4.98 Å². The highest BCUT2D eigenvalue weighted by Crippen LogP contribution is 2.29. The maximum Gasteiger partial charge on any atom is 0.152 e. The lowest BCUT2D eigenvalue weighted by molar-refractivity contribution is 0.112. The fraction of sp³-hybridized carbons (Fsp3) is 0.0625. The average Bonchev–Trinajstić information content (AvgIpc) is 2.77. The third-order valence-corrected chi connectivity index (χ3v) is 3.17. The summed E-state index contributed by atoms with van der Waals surface area (Å²) in [6.45, 7) is 2.04. The second-order valence-corrected chi connectivity index (χ2v) is 4.45. The van der Waals surface area contributed by atoms with Crippen molar-refractivity contribution in [2.24, 2.45) is 0 Å². The van der Waals surface area contributed by atoms with Crippen LogP contribution in [0.2, 0.25) is 0 Å². The predicted octanol–water partition coefficient (Wildman–Crippen LogP) is 3.96. The number of nitrogens with one attached hydrogen (secondary N) is 1. The fourth-order valence-corrected chi connectivity index (χ4v) is 2.29. The Balaban J connectivity index is 2.33. The summed E-state index contributed by atoms with van der Waals surface area (Å²) in [7, 11) is 0. The van der Waals surface area contributed by atoms with Crippen molar-refractivity contribution in [2.45, 2.75) is 6.92 Å². The zero-order chi connectivity index (χ0) is 12.5. The number of rotatable bonds is 2. The molecule has 0 fully saturated rings. The van der Waals surface area contributed by atoms with E-state index in [4.69, 9.17) is 0 Å². The summed E-state index contributed by atoms with van der Waals surface area (Å²) in [5.41, 5.74) is 4.85. The van der Waals surface area contributed by atoms with Gasteiger partial charge in [0.25, 0.3) is 0 Å². The molecule has 3 aromatic rings. The van der Waals surface area contributed by atoms with Crippen LogP contribution in [0.15, 0.2) is 48.5 Å². The lowest BCUT2D eigenvalue weighted by atomic mass is 10.1. The molecule has 0 saturated carbocycles. The predicted molar refractivity (Wildman–Crippen MR) is 73.9 cm³/mol. The van der Waals surface area contributed by atoms with Gasteiger partial charge in [0.15, 0.2) is 6.29 Å². The molecule has 1 N–H and O–H groups in total. The van der Waals surface area contributed by atoms with Crippen molar-refractivity contribution in [3.05, 3.63) is 59.7 Å². The Bertz CT molecular complexity index is 711. The molecule has 0 aliphatic carbocycles. The van der Waals surface area contributed by atoms with Gasteiger partial charge in [0.05, 0.1) is 5.69 Å². The van der Waals surface area contributed by atoms with Crippen molar-refractivity contribution in [1.29, 1.82) is 0 Å². The number of fused-ring (bicyclic) bond motifs is 1. The Hall–Kier alpha value is -2.35. The van der Waals surface area contributed by atoms with Crippen LogP contribution in [-0.4, -0.2) is 11.3 Å². The molecular formula is C16H13NO. The molecule has 2 nitrogen and oxygen atoms in total. The van der Waals surface area contributed by atoms with Gasteiger partial charge in [-0.2, -0.15) is 0 Å². The number of carbonyl (C=O) groups excluding carboxylic acids is 1. The van der Waals surface area contributed by atoms with Crippen LogP contribution in [0.3, 0.4) is 0 Å². The Morgan fingerprint density at radius 2 is 1.83 bits per heavy atom. The molecule has 3 rings (SSSR count). The third-order valence-electron chi connectivity index (χ3n) is 3.17. The number of H-pyrrole nitrogens is 1. The second-order valence-electron chi connectivity index (χ2n) is 4.45. The molecule has 0 spiro atoms. The minimum Gasteiger partial charge on any atom is -0.354 e.